The van der Waals surface area contributed by atoms with Crippen LogP contribution in [0, 0.1) is 18.3 Å². The van der Waals surface area contributed by atoms with E-state index in [1.807, 2.05) is 41.9 Å². The maximum atomic E-state index is 13.5. The number of hydrogen-bond donors (Lipinski definition) is 0. The molecule has 0 saturated carbocycles. The van der Waals surface area contributed by atoms with Crippen molar-refractivity contribution in [2.24, 2.45) is 0 Å². The van der Waals surface area contributed by atoms with Crippen molar-refractivity contribution < 1.29 is 14.3 Å². The molecular weight excluding hydrogens is 418 g/mol. The molecule has 33 heavy (non-hydrogen) atoms. The van der Waals surface area contributed by atoms with E-state index >= 15 is 0 Å². The number of hydrogen-bond acceptors (Lipinski definition) is 5. The summed E-state index contributed by atoms with van der Waals surface area (Å²) in [6.07, 6.45) is 0.626. The van der Waals surface area contributed by atoms with Crippen molar-refractivity contribution in [3.8, 4) is 11.8 Å². The molecule has 0 spiro atoms. The fraction of sp³-hybridized carbons (Fsp3) is 0.280. The zero-order valence-electron chi connectivity index (χ0n) is 18.5. The van der Waals surface area contributed by atoms with Crippen LogP contribution < -0.4 is 9.64 Å². The number of nitrogens with zero attached hydrogens (tertiary/aromatic N) is 5. The summed E-state index contributed by atoms with van der Waals surface area (Å²) in [4.78, 5) is 29.8. The highest BCUT2D eigenvalue weighted by atomic mass is 16.5. The van der Waals surface area contributed by atoms with Crippen LogP contribution in [0.4, 0.5) is 5.69 Å². The van der Waals surface area contributed by atoms with Crippen LogP contribution in [-0.2, 0) is 17.8 Å². The molecular formula is C25H23N5O3. The molecule has 0 fully saturated rings. The molecule has 8 nitrogen and oxygen atoms in total. The molecule has 0 bridgehead atoms. The monoisotopic (exact) mass is 441 g/mol. The second-order valence-electron chi connectivity index (χ2n) is 8.32. The Hall–Kier alpha value is -4.12. The molecule has 5 rings (SSSR count). The first kappa shape index (κ1) is 20.8. The van der Waals surface area contributed by atoms with Gasteiger partial charge in [0.05, 0.1) is 23.9 Å². The summed E-state index contributed by atoms with van der Waals surface area (Å²) in [7, 11) is 1.64. The number of anilines is 1. The fourth-order valence-electron chi connectivity index (χ4n) is 4.51. The Balaban J connectivity index is 1.42. The van der Waals surface area contributed by atoms with E-state index in [2.05, 4.69) is 11.2 Å². The highest BCUT2D eigenvalue weighted by molar-refractivity contribution is 6.03. The van der Waals surface area contributed by atoms with E-state index in [0.29, 0.717) is 42.2 Å². The second kappa shape index (κ2) is 8.10. The first-order valence-electron chi connectivity index (χ1n) is 10.8. The lowest BCUT2D eigenvalue weighted by Gasteiger charge is -2.33. The average Bonchev–Trinajstić information content (AvgIpc) is 3.09. The first-order chi connectivity index (χ1) is 16.0. The van der Waals surface area contributed by atoms with Gasteiger partial charge in [-0.15, -0.1) is 0 Å². The molecule has 2 aliphatic heterocycles. The topological polar surface area (TPSA) is 91.5 Å². The van der Waals surface area contributed by atoms with Crippen LogP contribution in [0.2, 0.25) is 0 Å². The molecule has 1 aromatic heterocycles. The molecule has 0 aliphatic carbocycles. The van der Waals surface area contributed by atoms with Crippen molar-refractivity contribution in [3.05, 3.63) is 76.6 Å². The number of rotatable bonds is 3. The molecule has 2 aromatic carbocycles. The molecule has 166 valence electrons. The Morgan fingerprint density at radius 2 is 1.97 bits per heavy atom. The van der Waals surface area contributed by atoms with Crippen molar-refractivity contribution in [1.29, 1.82) is 5.26 Å². The summed E-state index contributed by atoms with van der Waals surface area (Å²) in [5, 5.41) is 13.8. The third kappa shape index (κ3) is 3.52. The first-order valence-corrected chi connectivity index (χ1v) is 10.8. The van der Waals surface area contributed by atoms with Crippen LogP contribution in [0.25, 0.3) is 0 Å². The minimum Gasteiger partial charge on any atom is -0.489 e. The van der Waals surface area contributed by atoms with Crippen molar-refractivity contribution >= 4 is 17.5 Å². The number of fused-ring (bicyclic) bond motifs is 2. The number of likely N-dealkylation sites (N-methyl/N-ethyl adjacent to an activating group) is 1. The van der Waals surface area contributed by atoms with Crippen molar-refractivity contribution in [2.75, 3.05) is 25.1 Å². The van der Waals surface area contributed by atoms with Gasteiger partial charge in [-0.05, 0) is 37.1 Å². The summed E-state index contributed by atoms with van der Waals surface area (Å²) in [5.41, 5.74) is 4.37. The molecule has 1 atom stereocenters. The predicted molar refractivity (Wildman–Crippen MR) is 121 cm³/mol. The molecule has 3 aromatic rings. The number of amides is 2. The van der Waals surface area contributed by atoms with Gasteiger partial charge in [-0.25, -0.2) is 0 Å². The molecule has 2 aliphatic rings. The van der Waals surface area contributed by atoms with Gasteiger partial charge in [-0.1, -0.05) is 30.3 Å². The molecule has 0 unspecified atom stereocenters. The van der Waals surface area contributed by atoms with Gasteiger partial charge in [-0.3, -0.25) is 14.3 Å². The summed E-state index contributed by atoms with van der Waals surface area (Å²) < 4.78 is 7.77. The Labute approximate surface area is 191 Å². The summed E-state index contributed by atoms with van der Waals surface area (Å²) in [5.74, 6) is 0.00624. The van der Waals surface area contributed by atoms with E-state index in [1.54, 1.807) is 30.1 Å². The maximum Gasteiger partial charge on any atom is 0.275 e. The SMILES string of the molecule is Cc1c2c(nn1Cc1ccccc1)C(=O)N([C@H]1COc3ccc(C#N)cc3N(C)C1=O)CC2. The van der Waals surface area contributed by atoms with Gasteiger partial charge >= 0.3 is 0 Å². The Kier molecular flexibility index (Phi) is 5.09. The number of benzene rings is 2. The lowest BCUT2D eigenvalue weighted by Crippen LogP contribution is -2.54. The fourth-order valence-corrected chi connectivity index (χ4v) is 4.51. The molecule has 2 amide bonds. The van der Waals surface area contributed by atoms with Crippen LogP contribution >= 0.6 is 0 Å². The van der Waals surface area contributed by atoms with Crippen molar-refractivity contribution in [1.82, 2.24) is 14.7 Å². The highest BCUT2D eigenvalue weighted by Crippen LogP contribution is 2.33. The van der Waals surface area contributed by atoms with Crippen LogP contribution in [0.5, 0.6) is 5.75 Å². The van der Waals surface area contributed by atoms with Crippen LogP contribution in [-0.4, -0.2) is 52.7 Å². The minimum atomic E-state index is -0.770. The van der Waals surface area contributed by atoms with E-state index < -0.39 is 6.04 Å². The van der Waals surface area contributed by atoms with Crippen molar-refractivity contribution in [2.45, 2.75) is 25.9 Å². The van der Waals surface area contributed by atoms with Crippen LogP contribution in [0.1, 0.15) is 32.9 Å². The van der Waals surface area contributed by atoms with Crippen LogP contribution in [0.15, 0.2) is 48.5 Å². The van der Waals surface area contributed by atoms with Gasteiger partial charge in [0.15, 0.2) is 5.69 Å². The standard InChI is InChI=1S/C25H23N5O3/c1-16-19-10-11-29(25(32)23(19)27-30(16)14-17-6-4-3-5-7-17)21-15-33-22-9-8-18(13-26)12-20(22)28(2)24(21)31/h3-9,12,21H,10-11,14-15H2,1-2H3/t21-/m0/s1. The Bertz CT molecular complexity index is 1290. The molecule has 0 radical (unpaired) electrons. The third-order valence-corrected chi connectivity index (χ3v) is 6.41. The summed E-state index contributed by atoms with van der Waals surface area (Å²) in [6, 6.07) is 16.3. The van der Waals surface area contributed by atoms with Gasteiger partial charge in [0.2, 0.25) is 0 Å². The molecule has 3 heterocycles. The molecule has 0 saturated heterocycles. The smallest absolute Gasteiger partial charge is 0.275 e. The number of ether oxygens (including phenoxy) is 1. The largest absolute Gasteiger partial charge is 0.489 e. The quantitative estimate of drug-likeness (QED) is 0.623. The van der Waals surface area contributed by atoms with E-state index in [4.69, 9.17) is 4.74 Å². The minimum absolute atomic E-state index is 0.0485. The normalized spacial score (nSPS) is 17.7. The predicted octanol–water partition coefficient (Wildman–Crippen LogP) is 2.53. The lowest BCUT2D eigenvalue weighted by atomic mass is 10.0. The Morgan fingerprint density at radius 1 is 1.18 bits per heavy atom. The van der Waals surface area contributed by atoms with Gasteiger partial charge in [0.25, 0.3) is 11.8 Å². The maximum absolute atomic E-state index is 13.5. The zero-order chi connectivity index (χ0) is 23.1. The van der Waals surface area contributed by atoms with E-state index in [1.165, 1.54) is 4.90 Å². The van der Waals surface area contributed by atoms with Gasteiger partial charge < -0.3 is 14.5 Å². The second-order valence-corrected chi connectivity index (χ2v) is 8.32. The third-order valence-electron chi connectivity index (χ3n) is 6.41. The average molecular weight is 441 g/mol. The number of nitriles is 1. The van der Waals surface area contributed by atoms with Gasteiger partial charge in [-0.2, -0.15) is 10.4 Å². The molecule has 0 N–H and O–H groups in total. The van der Waals surface area contributed by atoms with Crippen LogP contribution in [0.3, 0.4) is 0 Å². The Morgan fingerprint density at radius 3 is 2.73 bits per heavy atom. The number of carbonyl (C=O) groups excluding carboxylic acids is 2. The summed E-state index contributed by atoms with van der Waals surface area (Å²) in [6.45, 7) is 3.02. The van der Waals surface area contributed by atoms with Gasteiger partial charge in [0.1, 0.15) is 18.4 Å². The lowest BCUT2D eigenvalue weighted by molar-refractivity contribution is -0.123. The van der Waals surface area contributed by atoms with E-state index in [9.17, 15) is 14.9 Å². The van der Waals surface area contributed by atoms with Gasteiger partial charge in [0, 0.05) is 24.8 Å². The molecule has 8 heteroatoms. The van der Waals surface area contributed by atoms with E-state index in [-0.39, 0.29) is 18.4 Å². The van der Waals surface area contributed by atoms with Crippen molar-refractivity contribution in [3.63, 3.8) is 0 Å². The number of aromatic nitrogens is 2. The zero-order valence-corrected chi connectivity index (χ0v) is 18.5. The highest BCUT2D eigenvalue weighted by Gasteiger charge is 2.40. The number of carbonyl (C=O) groups is 2. The van der Waals surface area contributed by atoms with E-state index in [0.717, 1.165) is 16.8 Å². The summed E-state index contributed by atoms with van der Waals surface area (Å²) >= 11 is 0.